The molecule has 0 amide bonds. The summed E-state index contributed by atoms with van der Waals surface area (Å²) in [6.45, 7) is 8.48. The van der Waals surface area contributed by atoms with E-state index in [1.165, 1.54) is 12.0 Å². The van der Waals surface area contributed by atoms with Gasteiger partial charge in [0.15, 0.2) is 0 Å². The van der Waals surface area contributed by atoms with Crippen LogP contribution in [0.25, 0.3) is 0 Å². The van der Waals surface area contributed by atoms with E-state index in [2.05, 4.69) is 32.9 Å². The van der Waals surface area contributed by atoms with E-state index < -0.39 is 5.60 Å². The van der Waals surface area contributed by atoms with Crippen LogP contribution >= 0.6 is 0 Å². The topological polar surface area (TPSA) is 33.1 Å². The molecule has 98 valence electrons. The van der Waals surface area contributed by atoms with E-state index in [1.807, 2.05) is 6.92 Å². The first-order chi connectivity index (χ1) is 8.26. The standard InChI is InChI=1S/C16H23NO/c1-14(2,3)12-7-6-11-10-16(8-5-9-16)15(4,18)13(11)17-12/h6-7,18H,5,8-10H2,1-4H3. The second-order valence-corrected chi connectivity index (χ2v) is 7.34. The monoisotopic (exact) mass is 245 g/mol. The highest BCUT2D eigenvalue weighted by molar-refractivity contribution is 5.39. The number of fused-ring (bicyclic) bond motifs is 1. The van der Waals surface area contributed by atoms with Crippen molar-refractivity contribution in [3.63, 3.8) is 0 Å². The van der Waals surface area contributed by atoms with Gasteiger partial charge >= 0.3 is 0 Å². The van der Waals surface area contributed by atoms with Crippen LogP contribution in [0.5, 0.6) is 0 Å². The predicted molar refractivity (Wildman–Crippen MR) is 72.5 cm³/mol. The molecule has 2 aliphatic carbocycles. The smallest absolute Gasteiger partial charge is 0.110 e. The fourth-order valence-electron chi connectivity index (χ4n) is 3.52. The minimum absolute atomic E-state index is 0.0421. The van der Waals surface area contributed by atoms with Gasteiger partial charge in [0, 0.05) is 16.5 Å². The molecule has 0 bridgehead atoms. The van der Waals surface area contributed by atoms with Gasteiger partial charge in [-0.1, -0.05) is 33.3 Å². The highest BCUT2D eigenvalue weighted by atomic mass is 16.3. The number of nitrogens with zero attached hydrogens (tertiary/aromatic N) is 1. The number of aromatic nitrogens is 1. The Morgan fingerprint density at radius 1 is 1.22 bits per heavy atom. The Kier molecular flexibility index (Phi) is 2.27. The molecule has 0 aromatic carbocycles. The predicted octanol–water partition coefficient (Wildman–Crippen LogP) is 3.31. The van der Waals surface area contributed by atoms with E-state index in [9.17, 15) is 5.11 Å². The van der Waals surface area contributed by atoms with Crippen LogP contribution in [0.3, 0.4) is 0 Å². The van der Waals surface area contributed by atoms with Gasteiger partial charge in [-0.25, -0.2) is 0 Å². The van der Waals surface area contributed by atoms with Crippen molar-refractivity contribution in [3.05, 3.63) is 29.1 Å². The van der Waals surface area contributed by atoms with Crippen LogP contribution in [-0.4, -0.2) is 10.1 Å². The van der Waals surface area contributed by atoms with Crippen LogP contribution in [0.2, 0.25) is 0 Å². The molecule has 2 nitrogen and oxygen atoms in total. The van der Waals surface area contributed by atoms with Crippen molar-refractivity contribution in [2.45, 2.75) is 64.4 Å². The van der Waals surface area contributed by atoms with Crippen LogP contribution in [0.15, 0.2) is 12.1 Å². The summed E-state index contributed by atoms with van der Waals surface area (Å²) in [5.74, 6) is 0. The van der Waals surface area contributed by atoms with Crippen LogP contribution < -0.4 is 0 Å². The van der Waals surface area contributed by atoms with Gasteiger partial charge < -0.3 is 5.11 Å². The molecule has 18 heavy (non-hydrogen) atoms. The van der Waals surface area contributed by atoms with Crippen molar-refractivity contribution in [1.82, 2.24) is 4.98 Å². The molecule has 1 unspecified atom stereocenters. The molecule has 2 heteroatoms. The first kappa shape index (κ1) is 12.2. The summed E-state index contributed by atoms with van der Waals surface area (Å²) in [5.41, 5.74) is 2.67. The van der Waals surface area contributed by atoms with Gasteiger partial charge in [0.1, 0.15) is 5.60 Å². The highest BCUT2D eigenvalue weighted by Crippen LogP contribution is 2.60. The van der Waals surface area contributed by atoms with Crippen molar-refractivity contribution < 1.29 is 5.11 Å². The molecule has 1 aromatic heterocycles. The Hall–Kier alpha value is -0.890. The van der Waals surface area contributed by atoms with Crippen LogP contribution in [0.1, 0.15) is 63.9 Å². The fourth-order valence-corrected chi connectivity index (χ4v) is 3.52. The summed E-state index contributed by atoms with van der Waals surface area (Å²) in [4.78, 5) is 4.80. The van der Waals surface area contributed by atoms with E-state index in [0.717, 1.165) is 30.7 Å². The fraction of sp³-hybridized carbons (Fsp3) is 0.688. The lowest BCUT2D eigenvalue weighted by molar-refractivity contribution is -0.110. The Labute approximate surface area is 109 Å². The third-order valence-corrected chi connectivity index (χ3v) is 5.08. The molecule has 0 saturated heterocycles. The molecule has 0 radical (unpaired) electrons. The van der Waals surface area contributed by atoms with Crippen molar-refractivity contribution in [1.29, 1.82) is 0 Å². The molecule has 1 aromatic rings. The largest absolute Gasteiger partial charge is 0.383 e. The second kappa shape index (κ2) is 3.36. The van der Waals surface area contributed by atoms with Crippen molar-refractivity contribution in [2.24, 2.45) is 5.41 Å². The third kappa shape index (κ3) is 1.41. The zero-order valence-corrected chi connectivity index (χ0v) is 11.9. The summed E-state index contributed by atoms with van der Waals surface area (Å²) in [7, 11) is 0. The van der Waals surface area contributed by atoms with Crippen molar-refractivity contribution in [3.8, 4) is 0 Å². The number of aliphatic hydroxyl groups is 1. The summed E-state index contributed by atoms with van der Waals surface area (Å²) in [6.07, 6.45) is 4.53. The Morgan fingerprint density at radius 3 is 2.39 bits per heavy atom. The van der Waals surface area contributed by atoms with Gasteiger partial charge in [-0.2, -0.15) is 0 Å². The maximum absolute atomic E-state index is 10.9. The average Bonchev–Trinajstić information content (AvgIpc) is 2.45. The Bertz CT molecular complexity index is 492. The molecule has 1 fully saturated rings. The zero-order chi connectivity index (χ0) is 13.2. The molecule has 0 aliphatic heterocycles. The van der Waals surface area contributed by atoms with E-state index >= 15 is 0 Å². The summed E-state index contributed by atoms with van der Waals surface area (Å²) in [5, 5.41) is 10.9. The van der Waals surface area contributed by atoms with Gasteiger partial charge in [0.2, 0.25) is 0 Å². The van der Waals surface area contributed by atoms with E-state index in [0.29, 0.717) is 0 Å². The lowest BCUT2D eigenvalue weighted by atomic mass is 9.60. The van der Waals surface area contributed by atoms with Crippen molar-refractivity contribution in [2.75, 3.05) is 0 Å². The lowest BCUT2D eigenvalue weighted by Gasteiger charge is -2.47. The van der Waals surface area contributed by atoms with Gasteiger partial charge in [-0.15, -0.1) is 0 Å². The van der Waals surface area contributed by atoms with Gasteiger partial charge in [-0.3, -0.25) is 4.98 Å². The molecule has 1 saturated carbocycles. The van der Waals surface area contributed by atoms with Gasteiger partial charge in [0.25, 0.3) is 0 Å². The SMILES string of the molecule is CC(C)(C)c1ccc2c(n1)C(C)(O)C1(CCC1)C2. The number of rotatable bonds is 0. The summed E-state index contributed by atoms with van der Waals surface area (Å²) in [6, 6.07) is 4.32. The molecular formula is C16H23NO. The molecule has 1 heterocycles. The van der Waals surface area contributed by atoms with Gasteiger partial charge in [-0.05, 0) is 37.8 Å². The average molecular weight is 245 g/mol. The highest BCUT2D eigenvalue weighted by Gasteiger charge is 2.58. The van der Waals surface area contributed by atoms with E-state index in [-0.39, 0.29) is 10.8 Å². The normalized spacial score (nSPS) is 29.2. The van der Waals surface area contributed by atoms with Crippen LogP contribution in [-0.2, 0) is 17.4 Å². The van der Waals surface area contributed by atoms with Crippen LogP contribution in [0.4, 0.5) is 0 Å². The molecule has 3 rings (SSSR count). The maximum Gasteiger partial charge on any atom is 0.110 e. The van der Waals surface area contributed by atoms with E-state index in [1.54, 1.807) is 0 Å². The molecule has 1 N–H and O–H groups in total. The second-order valence-electron chi connectivity index (χ2n) is 7.34. The first-order valence-electron chi connectivity index (χ1n) is 7.00. The maximum atomic E-state index is 10.9. The molecule has 2 aliphatic rings. The zero-order valence-electron chi connectivity index (χ0n) is 11.9. The third-order valence-electron chi connectivity index (χ3n) is 5.08. The number of hydrogen-bond donors (Lipinski definition) is 1. The minimum atomic E-state index is -0.734. The van der Waals surface area contributed by atoms with Crippen molar-refractivity contribution >= 4 is 0 Å². The van der Waals surface area contributed by atoms with E-state index in [4.69, 9.17) is 4.98 Å². The molecule has 1 spiro atoms. The molecule has 1 atom stereocenters. The van der Waals surface area contributed by atoms with Gasteiger partial charge in [0.05, 0.1) is 5.69 Å². The quantitative estimate of drug-likeness (QED) is 0.760. The number of hydrogen-bond acceptors (Lipinski definition) is 2. The summed E-state index contributed by atoms with van der Waals surface area (Å²) < 4.78 is 0. The molecular weight excluding hydrogens is 222 g/mol. The Balaban J connectivity index is 2.09. The number of pyridine rings is 1. The Morgan fingerprint density at radius 2 is 1.89 bits per heavy atom. The first-order valence-corrected chi connectivity index (χ1v) is 7.00. The summed E-state index contributed by atoms with van der Waals surface area (Å²) >= 11 is 0. The van der Waals surface area contributed by atoms with Crippen LogP contribution in [0, 0.1) is 5.41 Å². The minimum Gasteiger partial charge on any atom is -0.383 e. The lowest BCUT2D eigenvalue weighted by Crippen LogP contribution is -2.45.